The zero-order valence-electron chi connectivity index (χ0n) is 6.50. The minimum absolute atomic E-state index is 0.0254. The third kappa shape index (κ3) is 2.01. The molecule has 1 atom stereocenters. The third-order valence-corrected chi connectivity index (χ3v) is 2.19. The van der Waals surface area contributed by atoms with Gasteiger partial charge in [-0.05, 0) is 13.8 Å². The Kier molecular flexibility index (Phi) is 2.59. The highest BCUT2D eigenvalue weighted by molar-refractivity contribution is 7.09. The SMILES string of the molecule is Cc1nc(C(C)NC=O)cs1. The second-order valence-corrected chi connectivity index (χ2v) is 3.36. The summed E-state index contributed by atoms with van der Waals surface area (Å²) in [5.74, 6) is 0. The van der Waals surface area contributed by atoms with Crippen molar-refractivity contribution < 1.29 is 4.79 Å². The number of carbonyl (C=O) groups is 1. The van der Waals surface area contributed by atoms with Crippen molar-refractivity contribution >= 4 is 17.7 Å². The van der Waals surface area contributed by atoms with Crippen molar-refractivity contribution in [3.63, 3.8) is 0 Å². The van der Waals surface area contributed by atoms with Gasteiger partial charge in [-0.2, -0.15) is 0 Å². The number of aromatic nitrogens is 1. The Hall–Kier alpha value is -0.900. The van der Waals surface area contributed by atoms with Gasteiger partial charge in [-0.15, -0.1) is 11.3 Å². The molecule has 4 heteroatoms. The fraction of sp³-hybridized carbons (Fsp3) is 0.429. The molecule has 1 N–H and O–H groups in total. The molecule has 3 nitrogen and oxygen atoms in total. The summed E-state index contributed by atoms with van der Waals surface area (Å²) in [5.41, 5.74) is 0.930. The molecule has 0 aromatic carbocycles. The average Bonchev–Trinajstić information content (AvgIpc) is 2.36. The molecule has 0 saturated heterocycles. The fourth-order valence-electron chi connectivity index (χ4n) is 0.766. The van der Waals surface area contributed by atoms with Gasteiger partial charge >= 0.3 is 0 Å². The molecule has 0 radical (unpaired) electrons. The highest BCUT2D eigenvalue weighted by Crippen LogP contribution is 2.14. The first-order valence-electron chi connectivity index (χ1n) is 3.35. The number of hydrogen-bond acceptors (Lipinski definition) is 3. The first-order valence-corrected chi connectivity index (χ1v) is 4.23. The van der Waals surface area contributed by atoms with Crippen LogP contribution in [0, 0.1) is 6.92 Å². The molecule has 0 bridgehead atoms. The number of rotatable bonds is 3. The van der Waals surface area contributed by atoms with E-state index in [1.165, 1.54) is 0 Å². The van der Waals surface area contributed by atoms with Crippen LogP contribution in [0.4, 0.5) is 0 Å². The maximum absolute atomic E-state index is 10.1. The van der Waals surface area contributed by atoms with Crippen LogP contribution < -0.4 is 5.32 Å². The Morgan fingerprint density at radius 1 is 1.82 bits per heavy atom. The van der Waals surface area contributed by atoms with E-state index in [-0.39, 0.29) is 6.04 Å². The molecule has 0 aliphatic rings. The minimum atomic E-state index is 0.0254. The van der Waals surface area contributed by atoms with Crippen LogP contribution in [0.5, 0.6) is 0 Å². The van der Waals surface area contributed by atoms with Crippen molar-refractivity contribution in [3.8, 4) is 0 Å². The summed E-state index contributed by atoms with van der Waals surface area (Å²) in [6, 6.07) is 0.0254. The van der Waals surface area contributed by atoms with Crippen LogP contribution in [0.25, 0.3) is 0 Å². The molecule has 1 rings (SSSR count). The highest BCUT2D eigenvalue weighted by Gasteiger charge is 2.05. The molecule has 1 unspecified atom stereocenters. The van der Waals surface area contributed by atoms with Crippen LogP contribution in [-0.2, 0) is 4.79 Å². The summed E-state index contributed by atoms with van der Waals surface area (Å²) >= 11 is 1.59. The normalized spacial score (nSPS) is 12.5. The van der Waals surface area contributed by atoms with E-state index in [4.69, 9.17) is 0 Å². The summed E-state index contributed by atoms with van der Waals surface area (Å²) in [5, 5.41) is 5.62. The van der Waals surface area contributed by atoms with Crippen LogP contribution in [0.1, 0.15) is 23.7 Å². The summed E-state index contributed by atoms with van der Waals surface area (Å²) in [6.07, 6.45) is 0.694. The second kappa shape index (κ2) is 3.48. The van der Waals surface area contributed by atoms with Gasteiger partial charge in [0, 0.05) is 5.38 Å². The largest absolute Gasteiger partial charge is 0.351 e. The summed E-state index contributed by atoms with van der Waals surface area (Å²) in [6.45, 7) is 3.85. The molecule has 1 aromatic rings. The smallest absolute Gasteiger partial charge is 0.207 e. The maximum Gasteiger partial charge on any atom is 0.207 e. The zero-order valence-corrected chi connectivity index (χ0v) is 7.31. The Balaban J connectivity index is 2.67. The molecule has 0 saturated carbocycles. The number of amides is 1. The number of thiazole rings is 1. The van der Waals surface area contributed by atoms with Crippen molar-refractivity contribution in [1.82, 2.24) is 10.3 Å². The third-order valence-electron chi connectivity index (χ3n) is 1.40. The maximum atomic E-state index is 10.1. The van der Waals surface area contributed by atoms with Gasteiger partial charge in [-0.3, -0.25) is 4.79 Å². The van der Waals surface area contributed by atoms with Crippen molar-refractivity contribution in [2.45, 2.75) is 19.9 Å². The van der Waals surface area contributed by atoms with Crippen LogP contribution in [0.15, 0.2) is 5.38 Å². The lowest BCUT2D eigenvalue weighted by Crippen LogP contribution is -2.16. The zero-order chi connectivity index (χ0) is 8.27. The van der Waals surface area contributed by atoms with Crippen LogP contribution in [0.3, 0.4) is 0 Å². The Labute approximate surface area is 69.5 Å². The van der Waals surface area contributed by atoms with E-state index < -0.39 is 0 Å². The van der Waals surface area contributed by atoms with E-state index in [2.05, 4.69) is 10.3 Å². The first kappa shape index (κ1) is 8.20. The Morgan fingerprint density at radius 2 is 2.55 bits per heavy atom. The molecule has 1 heterocycles. The first-order chi connectivity index (χ1) is 5.24. The number of aryl methyl sites for hydroxylation is 1. The van der Waals surface area contributed by atoms with E-state index >= 15 is 0 Å². The van der Waals surface area contributed by atoms with Gasteiger partial charge in [0.05, 0.1) is 16.7 Å². The number of hydrogen-bond donors (Lipinski definition) is 1. The monoisotopic (exact) mass is 170 g/mol. The number of nitrogens with zero attached hydrogens (tertiary/aromatic N) is 1. The molecule has 0 aliphatic carbocycles. The summed E-state index contributed by atoms with van der Waals surface area (Å²) in [7, 11) is 0. The fourth-order valence-corrected chi connectivity index (χ4v) is 1.47. The number of carbonyl (C=O) groups excluding carboxylic acids is 1. The molecule has 11 heavy (non-hydrogen) atoms. The van der Waals surface area contributed by atoms with E-state index in [0.29, 0.717) is 6.41 Å². The quantitative estimate of drug-likeness (QED) is 0.694. The number of nitrogens with one attached hydrogen (secondary N) is 1. The van der Waals surface area contributed by atoms with Crippen LogP contribution >= 0.6 is 11.3 Å². The van der Waals surface area contributed by atoms with E-state index in [1.54, 1.807) is 11.3 Å². The Bertz CT molecular complexity index is 246. The molecule has 1 aromatic heterocycles. The minimum Gasteiger partial charge on any atom is -0.351 e. The predicted octanol–water partition coefficient (Wildman–Crippen LogP) is 1.26. The van der Waals surface area contributed by atoms with Gasteiger partial charge in [-0.25, -0.2) is 4.98 Å². The molecular formula is C7H10N2OS. The van der Waals surface area contributed by atoms with Crippen molar-refractivity contribution in [1.29, 1.82) is 0 Å². The molecule has 0 fully saturated rings. The second-order valence-electron chi connectivity index (χ2n) is 2.30. The van der Waals surface area contributed by atoms with Gasteiger partial charge in [0.25, 0.3) is 0 Å². The molecule has 0 spiro atoms. The standard InChI is InChI=1S/C7H10N2OS/c1-5(8-4-10)7-3-11-6(2)9-7/h3-5H,1-2H3,(H,8,10). The van der Waals surface area contributed by atoms with Crippen molar-refractivity contribution in [2.24, 2.45) is 0 Å². The topological polar surface area (TPSA) is 42.0 Å². The van der Waals surface area contributed by atoms with Gasteiger partial charge in [0.1, 0.15) is 0 Å². The molecule has 0 aliphatic heterocycles. The van der Waals surface area contributed by atoms with E-state index in [9.17, 15) is 4.79 Å². The van der Waals surface area contributed by atoms with Crippen LogP contribution in [-0.4, -0.2) is 11.4 Å². The Morgan fingerprint density at radius 3 is 3.00 bits per heavy atom. The summed E-state index contributed by atoms with van der Waals surface area (Å²) < 4.78 is 0. The van der Waals surface area contributed by atoms with Gasteiger partial charge < -0.3 is 5.32 Å². The van der Waals surface area contributed by atoms with E-state index in [0.717, 1.165) is 10.7 Å². The molecular weight excluding hydrogens is 160 g/mol. The van der Waals surface area contributed by atoms with Gasteiger partial charge in [-0.1, -0.05) is 0 Å². The molecule has 60 valence electrons. The highest BCUT2D eigenvalue weighted by atomic mass is 32.1. The predicted molar refractivity (Wildman–Crippen MR) is 44.5 cm³/mol. The van der Waals surface area contributed by atoms with E-state index in [1.807, 2.05) is 19.2 Å². The van der Waals surface area contributed by atoms with Crippen LogP contribution in [0.2, 0.25) is 0 Å². The van der Waals surface area contributed by atoms with Crippen molar-refractivity contribution in [3.05, 3.63) is 16.1 Å². The summed E-state index contributed by atoms with van der Waals surface area (Å²) in [4.78, 5) is 14.3. The lowest BCUT2D eigenvalue weighted by molar-refractivity contribution is -0.110. The lowest BCUT2D eigenvalue weighted by Gasteiger charge is -2.04. The molecule has 1 amide bonds. The lowest BCUT2D eigenvalue weighted by atomic mass is 10.3. The van der Waals surface area contributed by atoms with Gasteiger partial charge in [0.2, 0.25) is 6.41 Å². The average molecular weight is 170 g/mol. The van der Waals surface area contributed by atoms with Crippen molar-refractivity contribution in [2.75, 3.05) is 0 Å². The van der Waals surface area contributed by atoms with Gasteiger partial charge in [0.15, 0.2) is 0 Å².